The highest BCUT2D eigenvalue weighted by Crippen LogP contribution is 2.34. The van der Waals surface area contributed by atoms with Crippen LogP contribution in [0.4, 0.5) is 0 Å². The highest BCUT2D eigenvalue weighted by Gasteiger charge is 2.33. The van der Waals surface area contributed by atoms with E-state index in [0.29, 0.717) is 30.8 Å². The molecule has 0 aliphatic heterocycles. The molecular formula is C16H22N4O. The Morgan fingerprint density at radius 2 is 2.05 bits per heavy atom. The first kappa shape index (κ1) is 14.2. The molecule has 5 heteroatoms. The molecule has 0 bridgehead atoms. The standard InChI is InChI=1S/C16H22N4O/c1-11-3-5-13(6-4-11)16-18-15(19-21-16)10-20(2)14(9-17)12-7-8-12/h3-6,12,14H,7-10,17H2,1-2H3. The lowest BCUT2D eigenvalue weighted by molar-refractivity contribution is 0.208. The van der Waals surface area contributed by atoms with Gasteiger partial charge in [-0.15, -0.1) is 0 Å². The van der Waals surface area contributed by atoms with Gasteiger partial charge in [-0.25, -0.2) is 0 Å². The van der Waals surface area contributed by atoms with Crippen molar-refractivity contribution < 1.29 is 4.52 Å². The molecular weight excluding hydrogens is 264 g/mol. The average Bonchev–Trinajstić information content (AvgIpc) is 3.20. The fraction of sp³-hybridized carbons (Fsp3) is 0.500. The van der Waals surface area contributed by atoms with Gasteiger partial charge in [-0.2, -0.15) is 4.98 Å². The van der Waals surface area contributed by atoms with Crippen molar-refractivity contribution in [2.24, 2.45) is 11.7 Å². The number of rotatable bonds is 6. The van der Waals surface area contributed by atoms with Crippen molar-refractivity contribution in [1.29, 1.82) is 0 Å². The Bertz CT molecular complexity index is 589. The van der Waals surface area contributed by atoms with Gasteiger partial charge in [-0.3, -0.25) is 4.90 Å². The minimum absolute atomic E-state index is 0.423. The Morgan fingerprint density at radius 3 is 2.67 bits per heavy atom. The van der Waals surface area contributed by atoms with E-state index in [1.54, 1.807) is 0 Å². The summed E-state index contributed by atoms with van der Waals surface area (Å²) in [6.07, 6.45) is 2.57. The zero-order valence-corrected chi connectivity index (χ0v) is 12.6. The second-order valence-electron chi connectivity index (χ2n) is 5.94. The van der Waals surface area contributed by atoms with Crippen LogP contribution in [0.5, 0.6) is 0 Å². The van der Waals surface area contributed by atoms with Gasteiger partial charge in [0.15, 0.2) is 5.82 Å². The fourth-order valence-electron chi connectivity index (χ4n) is 2.69. The molecule has 1 aliphatic rings. The molecule has 1 fully saturated rings. The van der Waals surface area contributed by atoms with Gasteiger partial charge in [-0.05, 0) is 44.9 Å². The van der Waals surface area contributed by atoms with E-state index in [0.717, 1.165) is 11.5 Å². The van der Waals surface area contributed by atoms with E-state index >= 15 is 0 Å². The van der Waals surface area contributed by atoms with Gasteiger partial charge >= 0.3 is 0 Å². The van der Waals surface area contributed by atoms with Crippen molar-refractivity contribution in [2.45, 2.75) is 32.4 Å². The Labute approximate surface area is 125 Å². The van der Waals surface area contributed by atoms with E-state index in [1.807, 2.05) is 24.3 Å². The van der Waals surface area contributed by atoms with E-state index in [4.69, 9.17) is 10.3 Å². The second-order valence-corrected chi connectivity index (χ2v) is 5.94. The van der Waals surface area contributed by atoms with Crippen molar-refractivity contribution in [3.8, 4) is 11.5 Å². The predicted octanol–water partition coefficient (Wildman–Crippen LogP) is 2.21. The lowest BCUT2D eigenvalue weighted by Gasteiger charge is -2.25. The molecule has 1 atom stereocenters. The Morgan fingerprint density at radius 1 is 1.33 bits per heavy atom. The van der Waals surface area contributed by atoms with Crippen molar-refractivity contribution >= 4 is 0 Å². The molecule has 1 saturated carbocycles. The quantitative estimate of drug-likeness (QED) is 0.882. The molecule has 0 amide bonds. The lowest BCUT2D eigenvalue weighted by atomic mass is 10.1. The van der Waals surface area contributed by atoms with Crippen LogP contribution in [-0.4, -0.2) is 34.7 Å². The number of nitrogens with two attached hydrogens (primary N) is 1. The summed E-state index contributed by atoms with van der Waals surface area (Å²) in [5, 5.41) is 4.08. The third-order valence-corrected chi connectivity index (χ3v) is 4.13. The highest BCUT2D eigenvalue weighted by molar-refractivity contribution is 5.53. The molecule has 1 aliphatic carbocycles. The first-order valence-electron chi connectivity index (χ1n) is 7.47. The van der Waals surface area contributed by atoms with Gasteiger partial charge in [0.1, 0.15) is 0 Å². The fourth-order valence-corrected chi connectivity index (χ4v) is 2.69. The summed E-state index contributed by atoms with van der Waals surface area (Å²) < 4.78 is 5.36. The number of hydrogen-bond acceptors (Lipinski definition) is 5. The third-order valence-electron chi connectivity index (χ3n) is 4.13. The number of nitrogens with zero attached hydrogens (tertiary/aromatic N) is 3. The van der Waals surface area contributed by atoms with E-state index < -0.39 is 0 Å². The summed E-state index contributed by atoms with van der Waals surface area (Å²) in [6.45, 7) is 3.42. The summed E-state index contributed by atoms with van der Waals surface area (Å²) in [5.74, 6) is 2.03. The Kier molecular flexibility index (Phi) is 4.03. The van der Waals surface area contributed by atoms with E-state index in [-0.39, 0.29) is 0 Å². The zero-order valence-electron chi connectivity index (χ0n) is 12.6. The molecule has 0 spiro atoms. The Balaban J connectivity index is 1.68. The molecule has 2 N–H and O–H groups in total. The predicted molar refractivity (Wildman–Crippen MR) is 81.5 cm³/mol. The van der Waals surface area contributed by atoms with Gasteiger partial charge in [0, 0.05) is 18.2 Å². The van der Waals surface area contributed by atoms with Crippen molar-refractivity contribution in [3.05, 3.63) is 35.7 Å². The number of likely N-dealkylation sites (N-methyl/N-ethyl adjacent to an activating group) is 1. The zero-order chi connectivity index (χ0) is 14.8. The molecule has 1 aromatic heterocycles. The van der Waals surface area contributed by atoms with E-state index in [2.05, 4.69) is 29.0 Å². The van der Waals surface area contributed by atoms with Gasteiger partial charge in [0.2, 0.25) is 0 Å². The molecule has 0 saturated heterocycles. The number of benzene rings is 1. The normalized spacial score (nSPS) is 16.4. The van der Waals surface area contributed by atoms with Crippen LogP contribution in [0.1, 0.15) is 24.2 Å². The maximum Gasteiger partial charge on any atom is 0.257 e. The summed E-state index contributed by atoms with van der Waals surface area (Å²) in [6, 6.07) is 8.52. The van der Waals surface area contributed by atoms with Gasteiger partial charge < -0.3 is 10.3 Å². The molecule has 1 unspecified atom stereocenters. The number of aryl methyl sites for hydroxylation is 1. The van der Waals surface area contributed by atoms with Crippen LogP contribution >= 0.6 is 0 Å². The maximum atomic E-state index is 5.87. The molecule has 2 aromatic rings. The van der Waals surface area contributed by atoms with Gasteiger partial charge in [0.05, 0.1) is 6.54 Å². The second kappa shape index (κ2) is 5.95. The summed E-state index contributed by atoms with van der Waals surface area (Å²) in [5.41, 5.74) is 8.05. The smallest absolute Gasteiger partial charge is 0.257 e. The van der Waals surface area contributed by atoms with Crippen LogP contribution in [0.25, 0.3) is 11.5 Å². The topological polar surface area (TPSA) is 68.2 Å². The molecule has 5 nitrogen and oxygen atoms in total. The van der Waals surface area contributed by atoms with Crippen molar-refractivity contribution in [2.75, 3.05) is 13.6 Å². The lowest BCUT2D eigenvalue weighted by Crippen LogP contribution is -2.39. The molecule has 112 valence electrons. The minimum Gasteiger partial charge on any atom is -0.334 e. The first-order valence-corrected chi connectivity index (χ1v) is 7.47. The molecule has 21 heavy (non-hydrogen) atoms. The first-order chi connectivity index (χ1) is 10.2. The molecule has 1 aromatic carbocycles. The van der Waals surface area contributed by atoms with Crippen molar-refractivity contribution in [1.82, 2.24) is 15.0 Å². The summed E-state index contributed by atoms with van der Waals surface area (Å²) >= 11 is 0. The maximum absolute atomic E-state index is 5.87. The third kappa shape index (κ3) is 3.31. The van der Waals surface area contributed by atoms with Gasteiger partial charge in [0.25, 0.3) is 5.89 Å². The Hall–Kier alpha value is -1.72. The molecule has 1 heterocycles. The highest BCUT2D eigenvalue weighted by atomic mass is 16.5. The van der Waals surface area contributed by atoms with Crippen LogP contribution in [0.15, 0.2) is 28.8 Å². The van der Waals surface area contributed by atoms with Gasteiger partial charge in [-0.1, -0.05) is 22.9 Å². The van der Waals surface area contributed by atoms with Crippen LogP contribution in [-0.2, 0) is 6.54 Å². The van der Waals surface area contributed by atoms with Crippen LogP contribution in [0, 0.1) is 12.8 Å². The summed E-state index contributed by atoms with van der Waals surface area (Å²) in [4.78, 5) is 6.72. The van der Waals surface area contributed by atoms with E-state index in [1.165, 1.54) is 18.4 Å². The van der Waals surface area contributed by atoms with Crippen LogP contribution in [0.3, 0.4) is 0 Å². The number of hydrogen-bond donors (Lipinski definition) is 1. The van der Waals surface area contributed by atoms with E-state index in [9.17, 15) is 0 Å². The summed E-state index contributed by atoms with van der Waals surface area (Å²) in [7, 11) is 2.08. The van der Waals surface area contributed by atoms with Crippen molar-refractivity contribution in [3.63, 3.8) is 0 Å². The van der Waals surface area contributed by atoms with Crippen LogP contribution in [0.2, 0.25) is 0 Å². The monoisotopic (exact) mass is 286 g/mol. The minimum atomic E-state index is 0.423. The molecule has 0 radical (unpaired) electrons. The largest absolute Gasteiger partial charge is 0.334 e. The average molecular weight is 286 g/mol. The van der Waals surface area contributed by atoms with Crippen LogP contribution < -0.4 is 5.73 Å². The SMILES string of the molecule is Cc1ccc(-c2nc(CN(C)C(CN)C3CC3)no2)cc1. The molecule has 3 rings (SSSR count). The number of aromatic nitrogens is 2.